The summed E-state index contributed by atoms with van der Waals surface area (Å²) in [5.74, 6) is -0.314. The van der Waals surface area contributed by atoms with Gasteiger partial charge in [-0.05, 0) is 60.5 Å². The Morgan fingerprint density at radius 3 is 2.24 bits per heavy atom. The Hall–Kier alpha value is -3.99. The number of nitrogens with one attached hydrogen (secondary N) is 1. The van der Waals surface area contributed by atoms with Gasteiger partial charge in [0, 0.05) is 11.6 Å². The zero-order valence-electron chi connectivity index (χ0n) is 15.9. The highest BCUT2D eigenvalue weighted by atomic mass is 16.5. The Bertz CT molecular complexity index is 1020. The second kappa shape index (κ2) is 9.80. The van der Waals surface area contributed by atoms with Crippen LogP contribution in [0.1, 0.15) is 27.0 Å². The molecule has 5 nitrogen and oxygen atoms in total. The van der Waals surface area contributed by atoms with Crippen molar-refractivity contribution in [2.45, 2.75) is 6.92 Å². The van der Waals surface area contributed by atoms with Crippen LogP contribution in [0.4, 0.5) is 0 Å². The first-order valence-electron chi connectivity index (χ1n) is 9.05. The average Bonchev–Trinajstić information content (AvgIpc) is 2.75. The molecule has 3 rings (SSSR count). The summed E-state index contributed by atoms with van der Waals surface area (Å²) in [5.41, 5.74) is 5.79. The zero-order chi connectivity index (χ0) is 20.5. The Balaban J connectivity index is 1.51. The van der Waals surface area contributed by atoms with Gasteiger partial charge < -0.3 is 4.74 Å². The molecule has 0 saturated heterocycles. The first-order chi connectivity index (χ1) is 14.1. The highest BCUT2D eigenvalue weighted by Crippen LogP contribution is 2.12. The molecule has 1 N–H and O–H groups in total. The van der Waals surface area contributed by atoms with Crippen LogP contribution in [-0.4, -0.2) is 18.1 Å². The third-order valence-corrected chi connectivity index (χ3v) is 4.00. The van der Waals surface area contributed by atoms with Crippen LogP contribution < -0.4 is 10.2 Å². The van der Waals surface area contributed by atoms with Crippen molar-refractivity contribution < 1.29 is 14.3 Å². The minimum atomic E-state index is -0.458. The van der Waals surface area contributed by atoms with E-state index < -0.39 is 5.97 Å². The molecule has 1 amide bonds. The number of nitrogens with zero attached hydrogens (tertiary/aromatic N) is 1. The number of ether oxygens (including phenoxy) is 1. The summed E-state index contributed by atoms with van der Waals surface area (Å²) in [5, 5.41) is 3.95. The van der Waals surface area contributed by atoms with Crippen molar-refractivity contribution in [1.82, 2.24) is 5.43 Å². The van der Waals surface area contributed by atoms with Crippen LogP contribution in [0.15, 0.2) is 90.0 Å². The van der Waals surface area contributed by atoms with Gasteiger partial charge in [-0.15, -0.1) is 0 Å². The van der Waals surface area contributed by atoms with Gasteiger partial charge in [0.25, 0.3) is 5.91 Å². The van der Waals surface area contributed by atoms with E-state index in [1.54, 1.807) is 42.5 Å². The number of hydrogen-bond acceptors (Lipinski definition) is 4. The van der Waals surface area contributed by atoms with Gasteiger partial charge in [-0.1, -0.05) is 48.0 Å². The maximum atomic E-state index is 12.0. The molecule has 144 valence electrons. The first kappa shape index (κ1) is 19.8. The number of amides is 1. The highest BCUT2D eigenvalue weighted by Gasteiger charge is 2.03. The van der Waals surface area contributed by atoms with Crippen molar-refractivity contribution in [1.29, 1.82) is 0 Å². The zero-order valence-corrected chi connectivity index (χ0v) is 15.9. The number of benzene rings is 3. The van der Waals surface area contributed by atoms with Gasteiger partial charge in [-0.3, -0.25) is 4.79 Å². The Labute approximate surface area is 169 Å². The maximum Gasteiger partial charge on any atom is 0.336 e. The number of carbonyl (C=O) groups is 2. The molecule has 0 unspecified atom stereocenters. The lowest BCUT2D eigenvalue weighted by atomic mass is 10.1. The normalized spacial score (nSPS) is 10.9. The number of rotatable bonds is 6. The molecule has 0 atom stereocenters. The molecule has 0 aliphatic heterocycles. The van der Waals surface area contributed by atoms with Crippen LogP contribution in [0.2, 0.25) is 0 Å². The van der Waals surface area contributed by atoms with Gasteiger partial charge in [0.05, 0.1) is 6.21 Å². The fourth-order valence-electron chi connectivity index (χ4n) is 2.44. The van der Waals surface area contributed by atoms with Crippen molar-refractivity contribution in [3.05, 3.63) is 107 Å². The molecule has 29 heavy (non-hydrogen) atoms. The van der Waals surface area contributed by atoms with E-state index in [1.807, 2.05) is 49.4 Å². The van der Waals surface area contributed by atoms with E-state index in [0.29, 0.717) is 11.3 Å². The van der Waals surface area contributed by atoms with Crippen molar-refractivity contribution in [3.63, 3.8) is 0 Å². The monoisotopic (exact) mass is 384 g/mol. The molecular formula is C24H20N2O3. The van der Waals surface area contributed by atoms with Gasteiger partial charge >= 0.3 is 5.97 Å². The quantitative estimate of drug-likeness (QED) is 0.225. The molecule has 0 heterocycles. The number of aryl methyl sites for hydroxylation is 1. The van der Waals surface area contributed by atoms with E-state index in [4.69, 9.17) is 4.74 Å². The summed E-state index contributed by atoms with van der Waals surface area (Å²) in [4.78, 5) is 23.9. The van der Waals surface area contributed by atoms with Crippen LogP contribution in [0.25, 0.3) is 6.08 Å². The second-order valence-electron chi connectivity index (χ2n) is 6.30. The Morgan fingerprint density at radius 1 is 0.862 bits per heavy atom. The Kier molecular flexibility index (Phi) is 6.68. The molecule has 5 heteroatoms. The number of carbonyl (C=O) groups excluding carboxylic acids is 2. The summed E-state index contributed by atoms with van der Waals surface area (Å²) in [6, 6.07) is 23.5. The van der Waals surface area contributed by atoms with Gasteiger partial charge in [0.15, 0.2) is 0 Å². The molecule has 3 aromatic rings. The molecule has 3 aromatic carbocycles. The molecule has 0 aliphatic carbocycles. The smallest absolute Gasteiger partial charge is 0.336 e. The van der Waals surface area contributed by atoms with Crippen molar-refractivity contribution in [2.24, 2.45) is 5.10 Å². The van der Waals surface area contributed by atoms with E-state index in [2.05, 4.69) is 10.5 Å². The summed E-state index contributed by atoms with van der Waals surface area (Å²) in [6.07, 6.45) is 4.60. The van der Waals surface area contributed by atoms with Crippen LogP contribution in [0.5, 0.6) is 5.75 Å². The van der Waals surface area contributed by atoms with E-state index >= 15 is 0 Å². The van der Waals surface area contributed by atoms with Gasteiger partial charge in [-0.25, -0.2) is 10.2 Å². The largest absolute Gasteiger partial charge is 0.423 e. The van der Waals surface area contributed by atoms with E-state index in [0.717, 1.165) is 16.7 Å². The lowest BCUT2D eigenvalue weighted by Gasteiger charge is -2.02. The predicted molar refractivity (Wildman–Crippen MR) is 114 cm³/mol. The molecule has 0 bridgehead atoms. The SMILES string of the molecule is Cc1ccc(C(=O)NN=Cc2ccc(OC(=O)C=Cc3ccccc3)cc2)cc1. The van der Waals surface area contributed by atoms with Crippen molar-refractivity contribution >= 4 is 24.2 Å². The Morgan fingerprint density at radius 2 is 1.55 bits per heavy atom. The summed E-state index contributed by atoms with van der Waals surface area (Å²) >= 11 is 0. The van der Waals surface area contributed by atoms with Crippen LogP contribution in [0.3, 0.4) is 0 Å². The number of esters is 1. The van der Waals surface area contributed by atoms with Crippen LogP contribution in [-0.2, 0) is 4.79 Å². The summed E-state index contributed by atoms with van der Waals surface area (Å²) in [6.45, 7) is 1.96. The number of hydrazone groups is 1. The van der Waals surface area contributed by atoms with E-state index in [9.17, 15) is 9.59 Å². The highest BCUT2D eigenvalue weighted by molar-refractivity contribution is 5.95. The molecule has 0 spiro atoms. The third kappa shape index (κ3) is 6.29. The molecule has 0 aliphatic rings. The summed E-state index contributed by atoms with van der Waals surface area (Å²) < 4.78 is 5.26. The lowest BCUT2D eigenvalue weighted by Crippen LogP contribution is -2.17. The minimum Gasteiger partial charge on any atom is -0.423 e. The van der Waals surface area contributed by atoms with Crippen LogP contribution >= 0.6 is 0 Å². The van der Waals surface area contributed by atoms with E-state index in [1.165, 1.54) is 12.3 Å². The lowest BCUT2D eigenvalue weighted by molar-refractivity contribution is -0.128. The molecule has 0 aromatic heterocycles. The minimum absolute atomic E-state index is 0.281. The predicted octanol–water partition coefficient (Wildman–Crippen LogP) is 4.38. The third-order valence-electron chi connectivity index (χ3n) is 4.00. The first-order valence-corrected chi connectivity index (χ1v) is 9.05. The fourth-order valence-corrected chi connectivity index (χ4v) is 2.44. The van der Waals surface area contributed by atoms with E-state index in [-0.39, 0.29) is 5.91 Å². The average molecular weight is 384 g/mol. The van der Waals surface area contributed by atoms with Crippen LogP contribution in [0, 0.1) is 6.92 Å². The molecule has 0 radical (unpaired) electrons. The molecule has 0 saturated carbocycles. The van der Waals surface area contributed by atoms with Crippen molar-refractivity contribution in [3.8, 4) is 5.75 Å². The number of hydrogen-bond donors (Lipinski definition) is 1. The second-order valence-corrected chi connectivity index (χ2v) is 6.30. The van der Waals surface area contributed by atoms with Crippen molar-refractivity contribution in [2.75, 3.05) is 0 Å². The standard InChI is InChI=1S/C24H20N2O3/c1-18-7-12-21(13-8-18)24(28)26-25-17-20-9-14-22(15-10-20)29-23(27)16-11-19-5-3-2-4-6-19/h2-17H,1H3,(H,26,28). The molecular weight excluding hydrogens is 364 g/mol. The summed E-state index contributed by atoms with van der Waals surface area (Å²) in [7, 11) is 0. The topological polar surface area (TPSA) is 67.8 Å². The fraction of sp³-hybridized carbons (Fsp3) is 0.0417. The maximum absolute atomic E-state index is 12.0. The van der Waals surface area contributed by atoms with Gasteiger partial charge in [-0.2, -0.15) is 5.10 Å². The van der Waals surface area contributed by atoms with Gasteiger partial charge in [0.1, 0.15) is 5.75 Å². The molecule has 0 fully saturated rings. The van der Waals surface area contributed by atoms with Gasteiger partial charge in [0.2, 0.25) is 0 Å².